The molecule has 4 rings (SSSR count). The summed E-state index contributed by atoms with van der Waals surface area (Å²) in [6, 6.07) is 13.4. The molecule has 2 heterocycles. The zero-order valence-corrected chi connectivity index (χ0v) is 12.3. The Labute approximate surface area is 131 Å². The van der Waals surface area contributed by atoms with Crippen molar-refractivity contribution in [1.82, 2.24) is 4.57 Å². The maximum atomic E-state index is 12.7. The van der Waals surface area contributed by atoms with Gasteiger partial charge in [-0.3, -0.25) is 5.32 Å². The number of hydrogen-bond acceptors (Lipinski definition) is 1. The van der Waals surface area contributed by atoms with Gasteiger partial charge >= 0.3 is 12.1 Å². The molecule has 118 valence electrons. The van der Waals surface area contributed by atoms with Gasteiger partial charge in [0.05, 0.1) is 18.7 Å². The van der Waals surface area contributed by atoms with E-state index in [1.165, 1.54) is 0 Å². The molecule has 0 amide bonds. The molecule has 6 heteroatoms. The average Bonchev–Trinajstić information content (AvgIpc) is 3.10. The van der Waals surface area contributed by atoms with Gasteiger partial charge in [-0.15, -0.1) is 0 Å². The molecule has 1 N–H and O–H groups in total. The SMILES string of the molecule is FC(F)(F)c1ccc(Cn2c3[n+](c4ccccc42)CCN3)cc1. The lowest BCUT2D eigenvalue weighted by atomic mass is 10.1. The zero-order valence-electron chi connectivity index (χ0n) is 12.3. The highest BCUT2D eigenvalue weighted by atomic mass is 19.4. The highest BCUT2D eigenvalue weighted by molar-refractivity contribution is 5.74. The lowest BCUT2D eigenvalue weighted by molar-refractivity contribution is -0.644. The normalized spacial score (nSPS) is 14.0. The lowest BCUT2D eigenvalue weighted by Gasteiger charge is -2.07. The molecule has 2 aromatic carbocycles. The lowest BCUT2D eigenvalue weighted by Crippen LogP contribution is -2.29. The van der Waals surface area contributed by atoms with Crippen molar-refractivity contribution in [3.05, 3.63) is 59.7 Å². The van der Waals surface area contributed by atoms with E-state index in [1.54, 1.807) is 12.1 Å². The third-order valence-electron chi connectivity index (χ3n) is 4.22. The number of hydrogen-bond donors (Lipinski definition) is 1. The van der Waals surface area contributed by atoms with Crippen molar-refractivity contribution < 1.29 is 17.7 Å². The van der Waals surface area contributed by atoms with Crippen LogP contribution in [0, 0.1) is 0 Å². The topological polar surface area (TPSA) is 20.8 Å². The number of para-hydroxylation sites is 2. The first-order valence-corrected chi connectivity index (χ1v) is 7.45. The van der Waals surface area contributed by atoms with Crippen LogP contribution in [0.3, 0.4) is 0 Å². The molecule has 0 spiro atoms. The third kappa shape index (κ3) is 2.34. The Kier molecular flexibility index (Phi) is 3.07. The molecule has 0 saturated heterocycles. The quantitative estimate of drug-likeness (QED) is 0.718. The van der Waals surface area contributed by atoms with E-state index < -0.39 is 11.7 Å². The van der Waals surface area contributed by atoms with Crippen LogP contribution in [-0.4, -0.2) is 11.1 Å². The first kappa shape index (κ1) is 14.1. The highest BCUT2D eigenvalue weighted by Gasteiger charge is 2.31. The number of fused-ring (bicyclic) bond motifs is 3. The van der Waals surface area contributed by atoms with Gasteiger partial charge in [0.2, 0.25) is 0 Å². The summed E-state index contributed by atoms with van der Waals surface area (Å²) in [5, 5.41) is 3.36. The summed E-state index contributed by atoms with van der Waals surface area (Å²) in [6.07, 6.45) is -4.29. The molecule has 3 nitrogen and oxygen atoms in total. The van der Waals surface area contributed by atoms with Gasteiger partial charge in [-0.25, -0.2) is 9.13 Å². The molecular formula is C17H15F3N3+. The van der Waals surface area contributed by atoms with Gasteiger partial charge in [0.25, 0.3) is 0 Å². The molecule has 1 aliphatic rings. The Morgan fingerprint density at radius 1 is 1.04 bits per heavy atom. The number of alkyl halides is 3. The fourth-order valence-corrected chi connectivity index (χ4v) is 3.13. The molecule has 0 atom stereocenters. The van der Waals surface area contributed by atoms with E-state index in [9.17, 15) is 13.2 Å². The first-order valence-electron chi connectivity index (χ1n) is 7.45. The standard InChI is InChI=1S/C17H14F3N3/c18-17(19,20)13-7-5-12(6-8-13)11-23-15-4-2-1-3-14(15)22-10-9-21-16(22)23/h1-8H,9-11H2/p+1. The summed E-state index contributed by atoms with van der Waals surface area (Å²) in [5.74, 6) is 1.01. The van der Waals surface area contributed by atoms with Crippen molar-refractivity contribution in [2.45, 2.75) is 19.3 Å². The summed E-state index contributed by atoms with van der Waals surface area (Å²) in [5.41, 5.74) is 2.45. The van der Waals surface area contributed by atoms with Crippen molar-refractivity contribution in [3.63, 3.8) is 0 Å². The van der Waals surface area contributed by atoms with E-state index >= 15 is 0 Å². The number of halogens is 3. The maximum Gasteiger partial charge on any atom is 0.416 e. The van der Waals surface area contributed by atoms with Gasteiger partial charge in [-0.05, 0) is 29.8 Å². The molecule has 0 fully saturated rings. The van der Waals surface area contributed by atoms with E-state index in [-0.39, 0.29) is 0 Å². The number of anilines is 1. The summed E-state index contributed by atoms with van der Waals surface area (Å²) in [4.78, 5) is 0. The third-order valence-corrected chi connectivity index (χ3v) is 4.22. The predicted molar refractivity (Wildman–Crippen MR) is 81.2 cm³/mol. The summed E-state index contributed by atoms with van der Waals surface area (Å²) in [7, 11) is 0. The van der Waals surface area contributed by atoms with Crippen molar-refractivity contribution in [2.24, 2.45) is 0 Å². The minimum Gasteiger partial charge on any atom is -0.274 e. The number of nitrogens with zero attached hydrogens (tertiary/aromatic N) is 2. The average molecular weight is 318 g/mol. The summed E-state index contributed by atoms with van der Waals surface area (Å²) < 4.78 is 42.3. The van der Waals surface area contributed by atoms with Gasteiger partial charge in [0, 0.05) is 0 Å². The van der Waals surface area contributed by atoms with Gasteiger partial charge in [-0.1, -0.05) is 24.3 Å². The maximum absolute atomic E-state index is 12.7. The van der Waals surface area contributed by atoms with E-state index in [0.29, 0.717) is 6.54 Å². The Balaban J connectivity index is 1.74. The molecular weight excluding hydrogens is 303 g/mol. The molecule has 0 radical (unpaired) electrons. The molecule has 23 heavy (non-hydrogen) atoms. The Bertz CT molecular complexity index is 863. The number of aromatic nitrogens is 2. The van der Waals surface area contributed by atoms with E-state index in [2.05, 4.69) is 20.5 Å². The first-order chi connectivity index (χ1) is 11.0. The van der Waals surface area contributed by atoms with E-state index in [4.69, 9.17) is 0 Å². The molecule has 1 aromatic heterocycles. The monoisotopic (exact) mass is 318 g/mol. The van der Waals surface area contributed by atoms with Crippen molar-refractivity contribution >= 4 is 17.0 Å². The molecule has 0 aliphatic carbocycles. The van der Waals surface area contributed by atoms with Gasteiger partial charge in [0.1, 0.15) is 17.6 Å². The molecule has 0 unspecified atom stereocenters. The van der Waals surface area contributed by atoms with Crippen LogP contribution in [0.1, 0.15) is 11.1 Å². The zero-order chi connectivity index (χ0) is 16.0. The fourth-order valence-electron chi connectivity index (χ4n) is 3.13. The second-order valence-electron chi connectivity index (χ2n) is 5.67. The number of benzene rings is 2. The second-order valence-corrected chi connectivity index (χ2v) is 5.67. The number of rotatable bonds is 2. The van der Waals surface area contributed by atoms with Crippen molar-refractivity contribution in [2.75, 3.05) is 11.9 Å². The van der Waals surface area contributed by atoms with Crippen LogP contribution in [0.4, 0.5) is 19.1 Å². The van der Waals surface area contributed by atoms with Crippen LogP contribution in [0.2, 0.25) is 0 Å². The number of nitrogens with one attached hydrogen (secondary N) is 1. The molecule has 0 saturated carbocycles. The van der Waals surface area contributed by atoms with Gasteiger partial charge in [0.15, 0.2) is 0 Å². The predicted octanol–water partition coefficient (Wildman–Crippen LogP) is 3.42. The molecule has 3 aromatic rings. The van der Waals surface area contributed by atoms with Crippen LogP contribution in [0.25, 0.3) is 11.0 Å². The second kappa shape index (κ2) is 5.01. The van der Waals surface area contributed by atoms with Crippen LogP contribution < -0.4 is 9.88 Å². The van der Waals surface area contributed by atoms with Crippen molar-refractivity contribution in [1.29, 1.82) is 0 Å². The van der Waals surface area contributed by atoms with Gasteiger partial charge in [-0.2, -0.15) is 13.2 Å². The van der Waals surface area contributed by atoms with Crippen molar-refractivity contribution in [3.8, 4) is 0 Å². The molecule has 0 bridgehead atoms. The molecule has 1 aliphatic heterocycles. The number of imidazole rings is 1. The fraction of sp³-hybridized carbons (Fsp3) is 0.235. The van der Waals surface area contributed by atoms with Gasteiger partial charge < -0.3 is 0 Å². The van der Waals surface area contributed by atoms with Crippen LogP contribution in [0.15, 0.2) is 48.5 Å². The summed E-state index contributed by atoms with van der Waals surface area (Å²) in [6.45, 7) is 2.30. The largest absolute Gasteiger partial charge is 0.416 e. The van der Waals surface area contributed by atoms with E-state index in [1.807, 2.05) is 18.2 Å². The van der Waals surface area contributed by atoms with Crippen LogP contribution in [0.5, 0.6) is 0 Å². The van der Waals surface area contributed by atoms with Crippen LogP contribution in [-0.2, 0) is 19.3 Å². The Morgan fingerprint density at radius 2 is 1.78 bits per heavy atom. The minimum absolute atomic E-state index is 0.536. The smallest absolute Gasteiger partial charge is 0.274 e. The summed E-state index contributed by atoms with van der Waals surface area (Å²) >= 11 is 0. The highest BCUT2D eigenvalue weighted by Crippen LogP contribution is 2.29. The van der Waals surface area contributed by atoms with E-state index in [0.717, 1.165) is 47.8 Å². The Morgan fingerprint density at radius 3 is 2.52 bits per heavy atom. The van der Waals surface area contributed by atoms with Crippen LogP contribution >= 0.6 is 0 Å². The Hall–Kier alpha value is -2.50. The minimum atomic E-state index is -4.29.